The van der Waals surface area contributed by atoms with Gasteiger partial charge < -0.3 is 10.1 Å². The van der Waals surface area contributed by atoms with E-state index in [1.54, 1.807) is 0 Å². The average Bonchev–Trinajstić information content (AvgIpc) is 3.26. The van der Waals surface area contributed by atoms with Crippen molar-refractivity contribution in [3.8, 4) is 0 Å². The van der Waals surface area contributed by atoms with Gasteiger partial charge in [0.15, 0.2) is 0 Å². The number of sulfonamides is 1. The van der Waals surface area contributed by atoms with Crippen molar-refractivity contribution in [2.45, 2.75) is 51.0 Å². The van der Waals surface area contributed by atoms with E-state index in [0.717, 1.165) is 38.3 Å². The normalized spacial score (nSPS) is 19.4. The first kappa shape index (κ1) is 16.2. The zero-order valence-electron chi connectivity index (χ0n) is 12.3. The Balaban J connectivity index is 1.38. The molecule has 0 unspecified atom stereocenters. The van der Waals surface area contributed by atoms with E-state index in [-0.39, 0.29) is 5.75 Å². The highest BCUT2D eigenvalue weighted by Gasteiger charge is 2.21. The fourth-order valence-corrected chi connectivity index (χ4v) is 3.20. The van der Waals surface area contributed by atoms with Crippen LogP contribution in [0.15, 0.2) is 0 Å². The minimum atomic E-state index is -3.09. The molecule has 0 aromatic heterocycles. The summed E-state index contributed by atoms with van der Waals surface area (Å²) in [6.07, 6.45) is 7.57. The zero-order chi connectivity index (χ0) is 14.3. The molecular formula is C14H28N2O3S. The smallest absolute Gasteiger partial charge is 0.211 e. The molecule has 0 heterocycles. The average molecular weight is 304 g/mol. The molecule has 2 N–H and O–H groups in total. The van der Waals surface area contributed by atoms with Crippen molar-refractivity contribution in [2.24, 2.45) is 5.92 Å². The molecule has 0 aliphatic heterocycles. The maximum absolute atomic E-state index is 11.7. The van der Waals surface area contributed by atoms with E-state index in [9.17, 15) is 8.42 Å². The molecule has 0 radical (unpaired) electrons. The van der Waals surface area contributed by atoms with Gasteiger partial charge in [0.05, 0.1) is 5.75 Å². The van der Waals surface area contributed by atoms with E-state index in [0.29, 0.717) is 19.2 Å². The van der Waals surface area contributed by atoms with Crippen LogP contribution in [-0.4, -0.2) is 46.5 Å². The van der Waals surface area contributed by atoms with Crippen LogP contribution in [0.5, 0.6) is 0 Å². The fourth-order valence-electron chi connectivity index (χ4n) is 2.02. The highest BCUT2D eigenvalue weighted by Crippen LogP contribution is 2.28. The van der Waals surface area contributed by atoms with Crippen LogP contribution in [0.25, 0.3) is 0 Å². The standard InChI is InChI=1S/C14H28N2O3S/c17-20(18,11-2-1-8-15-14-6-7-14)16-9-3-10-19-12-13-4-5-13/h13-16H,1-12H2. The Morgan fingerprint density at radius 1 is 1.00 bits per heavy atom. The van der Waals surface area contributed by atoms with Gasteiger partial charge in [-0.3, -0.25) is 0 Å². The van der Waals surface area contributed by atoms with Gasteiger partial charge in [0.25, 0.3) is 0 Å². The molecule has 20 heavy (non-hydrogen) atoms. The molecule has 2 fully saturated rings. The molecule has 0 aromatic carbocycles. The Hall–Kier alpha value is -0.170. The first-order valence-electron chi connectivity index (χ1n) is 7.94. The van der Waals surface area contributed by atoms with Gasteiger partial charge in [0, 0.05) is 25.8 Å². The summed E-state index contributed by atoms with van der Waals surface area (Å²) in [5.41, 5.74) is 0. The van der Waals surface area contributed by atoms with E-state index in [1.807, 2.05) is 0 Å². The van der Waals surface area contributed by atoms with E-state index in [2.05, 4.69) is 10.0 Å². The van der Waals surface area contributed by atoms with E-state index in [1.165, 1.54) is 25.7 Å². The summed E-state index contributed by atoms with van der Waals surface area (Å²) in [6.45, 7) is 2.94. The van der Waals surface area contributed by atoms with Crippen molar-refractivity contribution in [3.63, 3.8) is 0 Å². The molecule has 0 aromatic rings. The molecule has 0 amide bonds. The predicted molar refractivity (Wildman–Crippen MR) is 80.2 cm³/mol. The van der Waals surface area contributed by atoms with Gasteiger partial charge >= 0.3 is 0 Å². The van der Waals surface area contributed by atoms with Crippen LogP contribution in [-0.2, 0) is 14.8 Å². The molecule has 2 saturated carbocycles. The second-order valence-electron chi connectivity index (χ2n) is 6.02. The Bertz CT molecular complexity index is 365. The summed E-state index contributed by atoms with van der Waals surface area (Å²) in [5, 5.41) is 3.39. The second-order valence-corrected chi connectivity index (χ2v) is 7.95. The third-order valence-corrected chi connectivity index (χ3v) is 5.16. The summed E-state index contributed by atoms with van der Waals surface area (Å²) >= 11 is 0. The third-order valence-electron chi connectivity index (χ3n) is 3.69. The quantitative estimate of drug-likeness (QED) is 0.503. The first-order chi connectivity index (χ1) is 9.66. The summed E-state index contributed by atoms with van der Waals surface area (Å²) < 4.78 is 31.6. The van der Waals surface area contributed by atoms with Gasteiger partial charge in [-0.25, -0.2) is 13.1 Å². The van der Waals surface area contributed by atoms with Gasteiger partial charge in [0.2, 0.25) is 10.0 Å². The van der Waals surface area contributed by atoms with E-state index >= 15 is 0 Å². The Morgan fingerprint density at radius 2 is 1.80 bits per heavy atom. The van der Waals surface area contributed by atoms with Crippen LogP contribution >= 0.6 is 0 Å². The van der Waals surface area contributed by atoms with Crippen LogP contribution in [0.1, 0.15) is 44.9 Å². The molecule has 5 nitrogen and oxygen atoms in total. The summed E-state index contributed by atoms with van der Waals surface area (Å²) in [6, 6.07) is 0.709. The molecule has 2 rings (SSSR count). The number of hydrogen-bond acceptors (Lipinski definition) is 4. The Labute approximate surface area is 122 Å². The minimum absolute atomic E-state index is 0.238. The van der Waals surface area contributed by atoms with Crippen LogP contribution in [0.2, 0.25) is 0 Å². The van der Waals surface area contributed by atoms with Crippen LogP contribution in [0.4, 0.5) is 0 Å². The van der Waals surface area contributed by atoms with Crippen LogP contribution in [0, 0.1) is 5.92 Å². The molecule has 0 spiro atoms. The van der Waals surface area contributed by atoms with Gasteiger partial charge in [-0.2, -0.15) is 0 Å². The van der Waals surface area contributed by atoms with E-state index < -0.39 is 10.0 Å². The first-order valence-corrected chi connectivity index (χ1v) is 9.59. The minimum Gasteiger partial charge on any atom is -0.381 e. The Kier molecular flexibility index (Phi) is 6.74. The number of nitrogens with one attached hydrogen (secondary N) is 2. The topological polar surface area (TPSA) is 67.4 Å². The lowest BCUT2D eigenvalue weighted by molar-refractivity contribution is 0.123. The lowest BCUT2D eigenvalue weighted by atomic mass is 10.3. The molecule has 6 heteroatoms. The SMILES string of the molecule is O=S(=O)(CCCCNC1CC1)NCCCOCC1CC1. The zero-order valence-corrected chi connectivity index (χ0v) is 13.1. The van der Waals surface area contributed by atoms with Crippen molar-refractivity contribution in [1.82, 2.24) is 10.0 Å². The second kappa shape index (κ2) is 8.32. The van der Waals surface area contributed by atoms with Crippen molar-refractivity contribution < 1.29 is 13.2 Å². The number of ether oxygens (including phenoxy) is 1. The largest absolute Gasteiger partial charge is 0.381 e. The molecule has 0 atom stereocenters. The van der Waals surface area contributed by atoms with Crippen molar-refractivity contribution in [2.75, 3.05) is 32.1 Å². The molecule has 118 valence electrons. The molecule has 2 aliphatic carbocycles. The molecule has 0 saturated heterocycles. The fraction of sp³-hybridized carbons (Fsp3) is 1.00. The predicted octanol–water partition coefficient (Wildman–Crippen LogP) is 1.25. The molecule has 2 aliphatic rings. The maximum atomic E-state index is 11.7. The van der Waals surface area contributed by atoms with Gasteiger partial charge in [-0.1, -0.05) is 0 Å². The van der Waals surface area contributed by atoms with Crippen LogP contribution < -0.4 is 10.0 Å². The van der Waals surface area contributed by atoms with Crippen LogP contribution in [0.3, 0.4) is 0 Å². The number of rotatable bonds is 13. The van der Waals surface area contributed by atoms with Crippen molar-refractivity contribution >= 4 is 10.0 Å². The lowest BCUT2D eigenvalue weighted by Crippen LogP contribution is -2.28. The highest BCUT2D eigenvalue weighted by molar-refractivity contribution is 7.89. The highest BCUT2D eigenvalue weighted by atomic mass is 32.2. The number of hydrogen-bond donors (Lipinski definition) is 2. The van der Waals surface area contributed by atoms with Gasteiger partial charge in [-0.05, 0) is 57.4 Å². The van der Waals surface area contributed by atoms with Crippen molar-refractivity contribution in [1.29, 1.82) is 0 Å². The third kappa shape index (κ3) is 8.19. The Morgan fingerprint density at radius 3 is 2.50 bits per heavy atom. The lowest BCUT2D eigenvalue weighted by Gasteiger charge is -2.07. The molecular weight excluding hydrogens is 276 g/mol. The monoisotopic (exact) mass is 304 g/mol. The summed E-state index contributed by atoms with van der Waals surface area (Å²) in [4.78, 5) is 0. The maximum Gasteiger partial charge on any atom is 0.211 e. The van der Waals surface area contributed by atoms with Gasteiger partial charge in [0.1, 0.15) is 0 Å². The number of unbranched alkanes of at least 4 members (excludes halogenated alkanes) is 1. The van der Waals surface area contributed by atoms with E-state index in [4.69, 9.17) is 4.74 Å². The summed E-state index contributed by atoms with van der Waals surface area (Å²) in [7, 11) is -3.09. The molecule has 0 bridgehead atoms. The summed E-state index contributed by atoms with van der Waals surface area (Å²) in [5.74, 6) is 1.01. The van der Waals surface area contributed by atoms with Gasteiger partial charge in [-0.15, -0.1) is 0 Å². The van der Waals surface area contributed by atoms with Crippen molar-refractivity contribution in [3.05, 3.63) is 0 Å².